The van der Waals surface area contributed by atoms with E-state index in [1.165, 1.54) is 0 Å². The molecule has 5 heteroatoms. The summed E-state index contributed by atoms with van der Waals surface area (Å²) < 4.78 is 45.9. The maximum Gasteiger partial charge on any atom is 0.261 e. The zero-order valence-corrected chi connectivity index (χ0v) is 4.58. The molecule has 0 aromatic carbocycles. The van der Waals surface area contributed by atoms with Crippen molar-refractivity contribution in [3.8, 4) is 0 Å². The van der Waals surface area contributed by atoms with E-state index in [9.17, 15) is 17.6 Å². The summed E-state index contributed by atoms with van der Waals surface area (Å²) in [5.74, 6) is 0. The SMILES string of the molecule is NC(CF)(CF)C(F)F. The molecule has 0 bridgehead atoms. The average molecular weight is 145 g/mol. The molecule has 0 aliphatic carbocycles. The molecule has 0 fully saturated rings. The minimum atomic E-state index is -3.15. The third-order valence-electron chi connectivity index (χ3n) is 0.932. The first-order chi connectivity index (χ1) is 4.06. The van der Waals surface area contributed by atoms with Crippen molar-refractivity contribution in [3.63, 3.8) is 0 Å². The van der Waals surface area contributed by atoms with E-state index in [0.29, 0.717) is 0 Å². The van der Waals surface area contributed by atoms with Crippen LogP contribution in [-0.4, -0.2) is 25.3 Å². The van der Waals surface area contributed by atoms with Gasteiger partial charge in [0.1, 0.15) is 18.9 Å². The van der Waals surface area contributed by atoms with Crippen molar-refractivity contribution in [1.29, 1.82) is 0 Å². The Hall–Kier alpha value is -0.320. The van der Waals surface area contributed by atoms with Crippen LogP contribution in [0, 0.1) is 0 Å². The van der Waals surface area contributed by atoms with Gasteiger partial charge in [-0.15, -0.1) is 0 Å². The fraction of sp³-hybridized carbons (Fsp3) is 1.00. The van der Waals surface area contributed by atoms with Gasteiger partial charge in [-0.3, -0.25) is 0 Å². The molecule has 0 rings (SSSR count). The maximum atomic E-state index is 11.5. The van der Waals surface area contributed by atoms with E-state index in [1.54, 1.807) is 0 Å². The minimum absolute atomic E-state index is 1.54. The number of alkyl halides is 4. The number of rotatable bonds is 3. The van der Waals surface area contributed by atoms with E-state index in [2.05, 4.69) is 5.73 Å². The van der Waals surface area contributed by atoms with Gasteiger partial charge in [0.15, 0.2) is 0 Å². The van der Waals surface area contributed by atoms with Gasteiger partial charge in [-0.25, -0.2) is 17.6 Å². The fourth-order valence-electron chi connectivity index (χ4n) is 0.152. The molecule has 9 heavy (non-hydrogen) atoms. The van der Waals surface area contributed by atoms with E-state index in [1.807, 2.05) is 0 Å². The van der Waals surface area contributed by atoms with E-state index in [-0.39, 0.29) is 0 Å². The second-order valence-corrected chi connectivity index (χ2v) is 1.80. The maximum absolute atomic E-state index is 11.5. The molecule has 1 nitrogen and oxygen atoms in total. The normalized spacial score (nSPS) is 12.7. The van der Waals surface area contributed by atoms with Gasteiger partial charge in [-0.1, -0.05) is 0 Å². The summed E-state index contributed by atoms with van der Waals surface area (Å²) >= 11 is 0. The predicted octanol–water partition coefficient (Wildman–Crippen LogP) is 0.888. The van der Waals surface area contributed by atoms with Crippen molar-refractivity contribution in [3.05, 3.63) is 0 Å². The summed E-state index contributed by atoms with van der Waals surface area (Å²) in [6.45, 7) is -3.08. The van der Waals surface area contributed by atoms with Crippen LogP contribution in [0.3, 0.4) is 0 Å². The molecule has 0 spiro atoms. The first kappa shape index (κ1) is 8.68. The van der Waals surface area contributed by atoms with Gasteiger partial charge in [0.25, 0.3) is 6.43 Å². The highest BCUT2D eigenvalue weighted by Crippen LogP contribution is 2.13. The second-order valence-electron chi connectivity index (χ2n) is 1.80. The smallest absolute Gasteiger partial charge is 0.261 e. The fourth-order valence-corrected chi connectivity index (χ4v) is 0.152. The third kappa shape index (κ3) is 1.82. The van der Waals surface area contributed by atoms with Crippen LogP contribution in [-0.2, 0) is 0 Å². The standard InChI is InChI=1S/C4H7F4N/c5-1-4(9,2-6)3(7)8/h3H,1-2,9H2. The van der Waals surface area contributed by atoms with Gasteiger partial charge < -0.3 is 5.73 Å². The topological polar surface area (TPSA) is 26.0 Å². The molecule has 0 atom stereocenters. The van der Waals surface area contributed by atoms with Gasteiger partial charge in [-0.2, -0.15) is 0 Å². The molecule has 56 valence electrons. The molecule has 0 aromatic heterocycles. The van der Waals surface area contributed by atoms with E-state index in [0.717, 1.165) is 0 Å². The summed E-state index contributed by atoms with van der Waals surface area (Å²) in [5, 5.41) is 0. The zero-order valence-electron chi connectivity index (χ0n) is 4.58. The van der Waals surface area contributed by atoms with Gasteiger partial charge in [0.2, 0.25) is 0 Å². The van der Waals surface area contributed by atoms with Crippen LogP contribution >= 0.6 is 0 Å². The molecule has 0 amide bonds. The van der Waals surface area contributed by atoms with Gasteiger partial charge in [0.05, 0.1) is 0 Å². The highest BCUT2D eigenvalue weighted by atomic mass is 19.3. The first-order valence-corrected chi connectivity index (χ1v) is 2.26. The summed E-state index contributed by atoms with van der Waals surface area (Å²) in [6, 6.07) is 0. The van der Waals surface area contributed by atoms with Crippen molar-refractivity contribution in [2.75, 3.05) is 13.3 Å². The largest absolute Gasteiger partial charge is 0.316 e. The Balaban J connectivity index is 3.92. The lowest BCUT2D eigenvalue weighted by molar-refractivity contribution is 0.0241. The van der Waals surface area contributed by atoms with Crippen LogP contribution < -0.4 is 5.73 Å². The molecule has 0 saturated heterocycles. The van der Waals surface area contributed by atoms with Gasteiger partial charge in [0, 0.05) is 0 Å². The lowest BCUT2D eigenvalue weighted by atomic mass is 10.1. The number of halogens is 4. The van der Waals surface area contributed by atoms with Crippen LogP contribution in [0.5, 0.6) is 0 Å². The van der Waals surface area contributed by atoms with Crippen molar-refractivity contribution in [2.24, 2.45) is 5.73 Å². The van der Waals surface area contributed by atoms with E-state index >= 15 is 0 Å². The first-order valence-electron chi connectivity index (χ1n) is 2.26. The van der Waals surface area contributed by atoms with Crippen molar-refractivity contribution in [1.82, 2.24) is 0 Å². The van der Waals surface area contributed by atoms with Crippen LogP contribution in [0.25, 0.3) is 0 Å². The highest BCUT2D eigenvalue weighted by molar-refractivity contribution is 4.85. The van der Waals surface area contributed by atoms with Crippen LogP contribution in [0.2, 0.25) is 0 Å². The number of nitrogens with two attached hydrogens (primary N) is 1. The van der Waals surface area contributed by atoms with Crippen molar-refractivity contribution in [2.45, 2.75) is 12.0 Å². The Labute approximate surface area is 49.8 Å². The summed E-state index contributed by atoms with van der Waals surface area (Å²) in [6.07, 6.45) is -3.15. The van der Waals surface area contributed by atoms with Gasteiger partial charge >= 0.3 is 0 Å². The van der Waals surface area contributed by atoms with E-state index in [4.69, 9.17) is 0 Å². The molecule has 0 aromatic rings. The minimum Gasteiger partial charge on any atom is -0.316 e. The molecule has 0 aliphatic heterocycles. The zero-order chi connectivity index (χ0) is 7.49. The molecular weight excluding hydrogens is 138 g/mol. The van der Waals surface area contributed by atoms with Crippen molar-refractivity contribution < 1.29 is 17.6 Å². The molecule has 0 radical (unpaired) electrons. The Morgan fingerprint density at radius 2 is 1.56 bits per heavy atom. The van der Waals surface area contributed by atoms with E-state index < -0.39 is 25.3 Å². The van der Waals surface area contributed by atoms with Crippen LogP contribution in [0.4, 0.5) is 17.6 Å². The lowest BCUT2D eigenvalue weighted by Crippen LogP contribution is -2.51. The average Bonchev–Trinajstić information content (AvgIpc) is 1.86. The van der Waals surface area contributed by atoms with Gasteiger partial charge in [-0.05, 0) is 0 Å². The second kappa shape index (κ2) is 3.00. The lowest BCUT2D eigenvalue weighted by Gasteiger charge is -2.20. The number of hydrogen-bond acceptors (Lipinski definition) is 1. The molecule has 0 aliphatic rings. The summed E-state index contributed by atoms with van der Waals surface area (Å²) in [5.41, 5.74) is 1.96. The van der Waals surface area contributed by atoms with Crippen LogP contribution in [0.15, 0.2) is 0 Å². The Morgan fingerprint density at radius 1 is 1.22 bits per heavy atom. The Morgan fingerprint density at radius 3 is 1.56 bits per heavy atom. The molecule has 0 heterocycles. The third-order valence-corrected chi connectivity index (χ3v) is 0.932. The highest BCUT2D eigenvalue weighted by Gasteiger charge is 2.36. The quantitative estimate of drug-likeness (QED) is 0.586. The van der Waals surface area contributed by atoms with Crippen molar-refractivity contribution >= 4 is 0 Å². The monoisotopic (exact) mass is 145 g/mol. The molecule has 0 unspecified atom stereocenters. The summed E-state index contributed by atoms with van der Waals surface area (Å²) in [7, 11) is 0. The van der Waals surface area contributed by atoms with Crippen LogP contribution in [0.1, 0.15) is 0 Å². The molecule has 0 saturated carbocycles. The predicted molar refractivity (Wildman–Crippen MR) is 24.9 cm³/mol. The summed E-state index contributed by atoms with van der Waals surface area (Å²) in [4.78, 5) is 0. The molecular formula is C4H7F4N. The molecule has 2 N–H and O–H groups in total. The Kier molecular flexibility index (Phi) is 2.90. The number of hydrogen-bond donors (Lipinski definition) is 1. The Bertz CT molecular complexity index is 80.6.